The Hall–Kier alpha value is -0.620. The maximum absolute atomic E-state index is 11.4. The molecule has 1 saturated carbocycles. The third-order valence-corrected chi connectivity index (χ3v) is 4.90. The van der Waals surface area contributed by atoms with Crippen LogP contribution >= 0.6 is 0 Å². The van der Waals surface area contributed by atoms with Crippen LogP contribution in [0.3, 0.4) is 0 Å². The number of carbonyl (C=O) groups excluding carboxylic acids is 1. The van der Waals surface area contributed by atoms with Gasteiger partial charge in [0.15, 0.2) is 0 Å². The van der Waals surface area contributed by atoms with E-state index in [-0.39, 0.29) is 12.0 Å². The molecule has 2 atom stereocenters. The fraction of sp³-hybridized carbons (Fsp3) is 0.923. The van der Waals surface area contributed by atoms with Gasteiger partial charge in [-0.2, -0.15) is 0 Å². The molecular formula is C13H23NO4S. The Bertz CT molecular complexity index is 422. The first-order chi connectivity index (χ1) is 8.91. The Morgan fingerprint density at radius 3 is 2.89 bits per heavy atom. The van der Waals surface area contributed by atoms with Gasteiger partial charge in [0, 0.05) is 13.0 Å². The normalized spacial score (nSPS) is 30.3. The van der Waals surface area contributed by atoms with Gasteiger partial charge in [-0.3, -0.25) is 9.52 Å². The number of carbonyl (C=O) groups is 1. The van der Waals surface area contributed by atoms with E-state index in [1.54, 1.807) is 0 Å². The molecule has 1 saturated heterocycles. The third kappa shape index (κ3) is 3.92. The van der Waals surface area contributed by atoms with Crippen molar-refractivity contribution >= 4 is 15.9 Å². The maximum atomic E-state index is 11.4. The lowest BCUT2D eigenvalue weighted by Gasteiger charge is -2.28. The van der Waals surface area contributed by atoms with Crippen molar-refractivity contribution < 1.29 is 17.9 Å². The van der Waals surface area contributed by atoms with E-state index < -0.39 is 15.9 Å². The van der Waals surface area contributed by atoms with Gasteiger partial charge in [0.1, 0.15) is 0 Å². The molecule has 2 aliphatic rings. The first kappa shape index (κ1) is 14.8. The first-order valence-corrected chi connectivity index (χ1v) is 8.95. The lowest BCUT2D eigenvalue weighted by atomic mass is 9.86. The Kier molecular flexibility index (Phi) is 4.50. The van der Waals surface area contributed by atoms with E-state index in [2.05, 4.69) is 0 Å². The second kappa shape index (κ2) is 5.79. The molecule has 0 aromatic heterocycles. The molecule has 0 aromatic rings. The third-order valence-electron chi connectivity index (χ3n) is 4.31. The van der Waals surface area contributed by atoms with Crippen LogP contribution in [0.5, 0.6) is 0 Å². The molecule has 0 bridgehead atoms. The van der Waals surface area contributed by atoms with Gasteiger partial charge in [-0.15, -0.1) is 0 Å². The number of amides is 1. The number of fused-ring (bicyclic) bond motifs is 1. The molecule has 0 radical (unpaired) electrons. The summed E-state index contributed by atoms with van der Waals surface area (Å²) in [5.74, 6) is 0.299. The summed E-state index contributed by atoms with van der Waals surface area (Å²) in [7, 11) is -3.42. The van der Waals surface area contributed by atoms with Crippen LogP contribution < -0.4 is 4.72 Å². The number of hydrogen-bond donors (Lipinski definition) is 1. The monoisotopic (exact) mass is 289 g/mol. The van der Waals surface area contributed by atoms with Crippen LogP contribution in [0.1, 0.15) is 51.4 Å². The molecule has 110 valence electrons. The average molecular weight is 289 g/mol. The van der Waals surface area contributed by atoms with E-state index in [1.807, 2.05) is 4.72 Å². The van der Waals surface area contributed by atoms with Gasteiger partial charge in [0.2, 0.25) is 15.9 Å². The van der Waals surface area contributed by atoms with Crippen LogP contribution in [0.15, 0.2) is 0 Å². The quantitative estimate of drug-likeness (QED) is 0.754. The summed E-state index contributed by atoms with van der Waals surface area (Å²) in [4.78, 5) is 11.4. The van der Waals surface area contributed by atoms with Gasteiger partial charge >= 0.3 is 0 Å². The van der Waals surface area contributed by atoms with E-state index >= 15 is 0 Å². The molecule has 0 aromatic carbocycles. The van der Waals surface area contributed by atoms with E-state index in [1.165, 1.54) is 19.3 Å². The molecule has 1 heterocycles. The van der Waals surface area contributed by atoms with Gasteiger partial charge in [-0.25, -0.2) is 8.42 Å². The minimum atomic E-state index is -3.42. The molecule has 1 aliphatic heterocycles. The van der Waals surface area contributed by atoms with Crippen molar-refractivity contribution in [3.05, 3.63) is 0 Å². The molecule has 0 spiro atoms. The Balaban J connectivity index is 1.68. The SMILES string of the molecule is CS(=O)(=O)NC(=O)CCCCC12CCCC1CCO2. The van der Waals surface area contributed by atoms with E-state index in [9.17, 15) is 13.2 Å². The predicted molar refractivity (Wildman–Crippen MR) is 72.1 cm³/mol. The Morgan fingerprint density at radius 1 is 1.37 bits per heavy atom. The standard InChI is InChI=1S/C13H23NO4S/c1-19(16,17)14-12(15)6-2-3-8-13-9-4-5-11(13)7-10-18-13/h11H,2-10H2,1H3,(H,14,15). The van der Waals surface area contributed by atoms with Crippen molar-refractivity contribution in [3.8, 4) is 0 Å². The lowest BCUT2D eigenvalue weighted by Crippen LogP contribution is -2.31. The molecule has 2 unspecified atom stereocenters. The number of nitrogens with one attached hydrogen (secondary N) is 1. The molecule has 2 rings (SSSR count). The highest BCUT2D eigenvalue weighted by atomic mass is 32.2. The highest BCUT2D eigenvalue weighted by Gasteiger charge is 2.46. The molecule has 1 amide bonds. The largest absolute Gasteiger partial charge is 0.375 e. The first-order valence-electron chi connectivity index (χ1n) is 7.06. The summed E-state index contributed by atoms with van der Waals surface area (Å²) < 4.78 is 29.7. The fourth-order valence-corrected chi connectivity index (χ4v) is 4.00. The molecule has 1 aliphatic carbocycles. The van der Waals surface area contributed by atoms with Gasteiger partial charge in [-0.05, 0) is 38.0 Å². The van der Waals surface area contributed by atoms with Crippen molar-refractivity contribution in [2.75, 3.05) is 12.9 Å². The van der Waals surface area contributed by atoms with Crippen molar-refractivity contribution in [2.24, 2.45) is 5.92 Å². The summed E-state index contributed by atoms with van der Waals surface area (Å²) in [5.41, 5.74) is 0.0767. The van der Waals surface area contributed by atoms with Crippen LogP contribution in [0.4, 0.5) is 0 Å². The molecule has 2 fully saturated rings. The van der Waals surface area contributed by atoms with Crippen molar-refractivity contribution in [2.45, 2.75) is 57.0 Å². The molecular weight excluding hydrogens is 266 g/mol. The predicted octanol–water partition coefficient (Wildman–Crippen LogP) is 1.58. The Labute approximate surface area is 115 Å². The molecule has 5 nitrogen and oxygen atoms in total. The van der Waals surface area contributed by atoms with Crippen LogP contribution in [-0.2, 0) is 19.6 Å². The van der Waals surface area contributed by atoms with E-state index in [0.29, 0.717) is 5.92 Å². The van der Waals surface area contributed by atoms with Gasteiger partial charge in [0.05, 0.1) is 11.9 Å². The van der Waals surface area contributed by atoms with Crippen LogP contribution in [0, 0.1) is 5.92 Å². The minimum Gasteiger partial charge on any atom is -0.375 e. The van der Waals surface area contributed by atoms with Gasteiger partial charge < -0.3 is 4.74 Å². The zero-order valence-corrected chi connectivity index (χ0v) is 12.3. The van der Waals surface area contributed by atoms with Crippen molar-refractivity contribution in [1.82, 2.24) is 4.72 Å². The number of hydrogen-bond acceptors (Lipinski definition) is 4. The van der Waals surface area contributed by atoms with E-state index in [4.69, 9.17) is 4.74 Å². The average Bonchev–Trinajstić information content (AvgIpc) is 2.80. The van der Waals surface area contributed by atoms with Gasteiger partial charge in [-0.1, -0.05) is 12.8 Å². The summed E-state index contributed by atoms with van der Waals surface area (Å²) in [6.07, 6.45) is 8.76. The highest BCUT2D eigenvalue weighted by molar-refractivity contribution is 7.89. The van der Waals surface area contributed by atoms with Crippen LogP contribution in [0.2, 0.25) is 0 Å². The van der Waals surface area contributed by atoms with Crippen molar-refractivity contribution in [1.29, 1.82) is 0 Å². The van der Waals surface area contributed by atoms with Gasteiger partial charge in [0.25, 0.3) is 0 Å². The molecule has 6 heteroatoms. The number of rotatable bonds is 6. The van der Waals surface area contributed by atoms with E-state index in [0.717, 1.165) is 38.5 Å². The van der Waals surface area contributed by atoms with Crippen molar-refractivity contribution in [3.63, 3.8) is 0 Å². The van der Waals surface area contributed by atoms with Crippen LogP contribution in [0.25, 0.3) is 0 Å². The summed E-state index contributed by atoms with van der Waals surface area (Å²) in [5, 5.41) is 0. The molecule has 1 N–H and O–H groups in total. The smallest absolute Gasteiger partial charge is 0.233 e. The molecule has 19 heavy (non-hydrogen) atoms. The highest BCUT2D eigenvalue weighted by Crippen LogP contribution is 2.48. The second-order valence-electron chi connectivity index (χ2n) is 5.80. The lowest BCUT2D eigenvalue weighted by molar-refractivity contribution is -0.119. The number of unbranched alkanes of at least 4 members (excludes halogenated alkanes) is 1. The Morgan fingerprint density at radius 2 is 2.16 bits per heavy atom. The summed E-state index contributed by atoms with van der Waals surface area (Å²) >= 11 is 0. The van der Waals surface area contributed by atoms with Crippen LogP contribution in [-0.4, -0.2) is 32.8 Å². The summed E-state index contributed by atoms with van der Waals surface area (Å²) in [6.45, 7) is 0.874. The maximum Gasteiger partial charge on any atom is 0.233 e. The second-order valence-corrected chi connectivity index (χ2v) is 7.54. The number of ether oxygens (including phenoxy) is 1. The zero-order chi connectivity index (χ0) is 13.9. The topological polar surface area (TPSA) is 72.5 Å². The number of sulfonamides is 1. The fourth-order valence-electron chi connectivity index (χ4n) is 3.49. The summed E-state index contributed by atoms with van der Waals surface area (Å²) in [6, 6.07) is 0. The minimum absolute atomic E-state index is 0.0767. The zero-order valence-electron chi connectivity index (χ0n) is 11.5.